The number of nitrogens with zero attached hydrogens (tertiary/aromatic N) is 1. The van der Waals surface area contributed by atoms with Gasteiger partial charge in [-0.3, -0.25) is 0 Å². The summed E-state index contributed by atoms with van der Waals surface area (Å²) in [6.45, 7) is 0. The third-order valence-corrected chi connectivity index (χ3v) is 5.08. The largest absolute Gasteiger partial charge is 0.224 e. The molecule has 0 amide bonds. The first-order valence-corrected chi connectivity index (χ1v) is 8.67. The maximum Gasteiger partial charge on any atom is 0.175 e. The van der Waals surface area contributed by atoms with Crippen molar-refractivity contribution in [2.24, 2.45) is 0 Å². The molecule has 20 heavy (non-hydrogen) atoms. The molecular formula is C14H10ClNO2S2. The Hall–Kier alpha value is -1.48. The smallest absolute Gasteiger partial charge is 0.175 e. The van der Waals surface area contributed by atoms with Crippen molar-refractivity contribution in [3.8, 4) is 6.07 Å². The van der Waals surface area contributed by atoms with E-state index in [0.717, 1.165) is 9.79 Å². The van der Waals surface area contributed by atoms with Gasteiger partial charge in [-0.1, -0.05) is 29.4 Å². The number of sulfone groups is 1. The van der Waals surface area contributed by atoms with Gasteiger partial charge in [0.1, 0.15) is 6.07 Å². The van der Waals surface area contributed by atoms with E-state index < -0.39 is 9.84 Å². The predicted octanol–water partition coefficient (Wildman–Crippen LogP) is 3.77. The van der Waals surface area contributed by atoms with Gasteiger partial charge in [0, 0.05) is 16.0 Å². The molecule has 2 rings (SSSR count). The van der Waals surface area contributed by atoms with E-state index >= 15 is 0 Å². The minimum Gasteiger partial charge on any atom is -0.224 e. The van der Waals surface area contributed by atoms with Crippen LogP contribution >= 0.6 is 23.4 Å². The van der Waals surface area contributed by atoms with Crippen LogP contribution in [0.3, 0.4) is 0 Å². The van der Waals surface area contributed by atoms with Gasteiger partial charge in [-0.2, -0.15) is 5.26 Å². The normalized spacial score (nSPS) is 11.1. The Balaban J connectivity index is 2.32. The van der Waals surface area contributed by atoms with E-state index in [0.29, 0.717) is 10.6 Å². The number of nitriles is 1. The van der Waals surface area contributed by atoms with Crippen LogP contribution in [0.15, 0.2) is 57.2 Å². The van der Waals surface area contributed by atoms with Crippen molar-refractivity contribution in [2.45, 2.75) is 14.7 Å². The van der Waals surface area contributed by atoms with Gasteiger partial charge in [-0.05, 0) is 36.4 Å². The van der Waals surface area contributed by atoms with E-state index in [2.05, 4.69) is 6.07 Å². The summed E-state index contributed by atoms with van der Waals surface area (Å²) < 4.78 is 22.8. The van der Waals surface area contributed by atoms with E-state index in [1.54, 1.807) is 42.5 Å². The van der Waals surface area contributed by atoms with Gasteiger partial charge in [-0.15, -0.1) is 0 Å². The molecule has 0 radical (unpaired) electrons. The topological polar surface area (TPSA) is 57.9 Å². The molecule has 102 valence electrons. The number of hydrogen-bond donors (Lipinski definition) is 0. The molecule has 0 saturated heterocycles. The molecule has 0 aliphatic carbocycles. The minimum absolute atomic E-state index is 0.272. The molecule has 2 aromatic carbocycles. The molecule has 6 heteroatoms. The number of benzene rings is 2. The first-order valence-electron chi connectivity index (χ1n) is 5.58. The zero-order valence-corrected chi connectivity index (χ0v) is 12.9. The van der Waals surface area contributed by atoms with Gasteiger partial charge in [0.15, 0.2) is 9.84 Å². The second kappa shape index (κ2) is 5.88. The highest BCUT2D eigenvalue weighted by Crippen LogP contribution is 2.33. The maximum absolute atomic E-state index is 11.4. The van der Waals surface area contributed by atoms with Crippen LogP contribution in [0.4, 0.5) is 0 Å². The second-order valence-corrected chi connectivity index (χ2v) is 7.61. The van der Waals surface area contributed by atoms with E-state index in [-0.39, 0.29) is 4.90 Å². The third-order valence-electron chi connectivity index (χ3n) is 2.57. The van der Waals surface area contributed by atoms with Crippen LogP contribution in [0.2, 0.25) is 5.02 Å². The lowest BCUT2D eigenvalue weighted by Gasteiger charge is -2.06. The molecule has 0 saturated carbocycles. The van der Waals surface area contributed by atoms with Crippen molar-refractivity contribution in [1.82, 2.24) is 0 Å². The Morgan fingerprint density at radius 1 is 1.15 bits per heavy atom. The molecule has 2 aromatic rings. The fourth-order valence-corrected chi connectivity index (χ4v) is 3.41. The Labute approximate surface area is 127 Å². The van der Waals surface area contributed by atoms with Crippen LogP contribution < -0.4 is 0 Å². The number of halogens is 1. The highest BCUT2D eigenvalue weighted by Gasteiger charge is 2.10. The quantitative estimate of drug-likeness (QED) is 0.862. The molecule has 0 aromatic heterocycles. The average molecular weight is 324 g/mol. The average Bonchev–Trinajstić information content (AvgIpc) is 2.38. The van der Waals surface area contributed by atoms with Crippen LogP contribution in [0, 0.1) is 11.3 Å². The van der Waals surface area contributed by atoms with Crippen molar-refractivity contribution in [2.75, 3.05) is 6.26 Å². The molecule has 0 atom stereocenters. The van der Waals surface area contributed by atoms with E-state index in [4.69, 9.17) is 16.9 Å². The van der Waals surface area contributed by atoms with Gasteiger partial charge in [0.05, 0.1) is 15.5 Å². The molecule has 0 fully saturated rings. The molecule has 0 N–H and O–H groups in total. The molecular weight excluding hydrogens is 314 g/mol. The summed E-state index contributed by atoms with van der Waals surface area (Å²) in [6.07, 6.45) is 1.17. The minimum atomic E-state index is -3.19. The van der Waals surface area contributed by atoms with Crippen LogP contribution in [-0.4, -0.2) is 14.7 Å². The van der Waals surface area contributed by atoms with Crippen LogP contribution in [-0.2, 0) is 9.84 Å². The predicted molar refractivity (Wildman–Crippen MR) is 79.8 cm³/mol. The van der Waals surface area contributed by atoms with Crippen molar-refractivity contribution < 1.29 is 8.42 Å². The molecule has 0 aliphatic rings. The van der Waals surface area contributed by atoms with Crippen molar-refractivity contribution >= 4 is 33.2 Å². The fourth-order valence-electron chi connectivity index (χ4n) is 1.58. The van der Waals surface area contributed by atoms with E-state index in [1.807, 2.05) is 0 Å². The summed E-state index contributed by atoms with van der Waals surface area (Å²) in [5, 5.41) is 9.51. The van der Waals surface area contributed by atoms with E-state index in [1.165, 1.54) is 18.0 Å². The van der Waals surface area contributed by atoms with Crippen LogP contribution in [0.1, 0.15) is 5.56 Å². The van der Waals surface area contributed by atoms with Crippen molar-refractivity contribution in [3.05, 3.63) is 53.1 Å². The summed E-state index contributed by atoms with van der Waals surface area (Å²) in [5.74, 6) is 0. The summed E-state index contributed by atoms with van der Waals surface area (Å²) >= 11 is 7.34. The van der Waals surface area contributed by atoms with Gasteiger partial charge < -0.3 is 0 Å². The third kappa shape index (κ3) is 3.34. The SMILES string of the molecule is CS(=O)(=O)c1ccc(Sc2cccc(Cl)c2C#N)cc1. The van der Waals surface area contributed by atoms with E-state index in [9.17, 15) is 8.42 Å². The van der Waals surface area contributed by atoms with Gasteiger partial charge in [-0.25, -0.2) is 8.42 Å². The summed E-state index contributed by atoms with van der Waals surface area (Å²) in [5.41, 5.74) is 0.423. The highest BCUT2D eigenvalue weighted by atomic mass is 35.5. The van der Waals surface area contributed by atoms with Crippen LogP contribution in [0.25, 0.3) is 0 Å². The zero-order valence-electron chi connectivity index (χ0n) is 10.5. The number of hydrogen-bond acceptors (Lipinski definition) is 4. The first kappa shape index (κ1) is 14.9. The zero-order chi connectivity index (χ0) is 14.8. The second-order valence-electron chi connectivity index (χ2n) is 4.07. The number of rotatable bonds is 3. The highest BCUT2D eigenvalue weighted by molar-refractivity contribution is 7.99. The summed E-state index contributed by atoms with van der Waals surface area (Å²) in [6, 6.07) is 13.8. The fraction of sp³-hybridized carbons (Fsp3) is 0.0714. The first-order chi connectivity index (χ1) is 9.41. The maximum atomic E-state index is 11.4. The van der Waals surface area contributed by atoms with Crippen molar-refractivity contribution in [1.29, 1.82) is 5.26 Å². The molecule has 0 unspecified atom stereocenters. The Morgan fingerprint density at radius 3 is 2.35 bits per heavy atom. The van der Waals surface area contributed by atoms with Crippen LogP contribution in [0.5, 0.6) is 0 Å². The summed E-state index contributed by atoms with van der Waals surface area (Å²) in [4.78, 5) is 1.86. The monoisotopic (exact) mass is 323 g/mol. The summed E-state index contributed by atoms with van der Waals surface area (Å²) in [7, 11) is -3.19. The molecule has 0 spiro atoms. The Kier molecular flexibility index (Phi) is 4.39. The van der Waals surface area contributed by atoms with Crippen molar-refractivity contribution in [3.63, 3.8) is 0 Å². The lowest BCUT2D eigenvalue weighted by atomic mass is 10.2. The molecule has 0 bridgehead atoms. The standard InChI is InChI=1S/C14H10ClNO2S2/c1-20(17,18)11-7-5-10(6-8-11)19-14-4-2-3-13(15)12(14)9-16/h2-8H,1H3. The molecule has 3 nitrogen and oxygen atoms in total. The lowest BCUT2D eigenvalue weighted by Crippen LogP contribution is -1.95. The Morgan fingerprint density at radius 2 is 1.80 bits per heavy atom. The molecule has 0 aliphatic heterocycles. The van der Waals surface area contributed by atoms with Gasteiger partial charge in [0.2, 0.25) is 0 Å². The van der Waals surface area contributed by atoms with Gasteiger partial charge >= 0.3 is 0 Å². The lowest BCUT2D eigenvalue weighted by molar-refractivity contribution is 0.602. The Bertz CT molecular complexity index is 778. The van der Waals surface area contributed by atoms with Gasteiger partial charge in [0.25, 0.3) is 0 Å². The molecule has 0 heterocycles.